The van der Waals surface area contributed by atoms with E-state index in [1.165, 1.54) is 31.2 Å². The van der Waals surface area contributed by atoms with Crippen molar-refractivity contribution in [3.05, 3.63) is 35.9 Å². The molecule has 98 valence electrons. The molecule has 1 aliphatic rings. The molecule has 0 saturated heterocycles. The SMILES string of the molecule is NC(CC(SC1CCCC1)c1ccccc1)=NO. The van der Waals surface area contributed by atoms with Gasteiger partial charge in [-0.25, -0.2) is 0 Å². The molecular formula is C14H20N2OS. The average Bonchev–Trinajstić information content (AvgIpc) is 2.92. The van der Waals surface area contributed by atoms with Crippen LogP contribution >= 0.6 is 11.8 Å². The lowest BCUT2D eigenvalue weighted by atomic mass is 10.1. The van der Waals surface area contributed by atoms with Crippen LogP contribution in [0.2, 0.25) is 0 Å². The zero-order chi connectivity index (χ0) is 12.8. The molecule has 1 atom stereocenters. The van der Waals surface area contributed by atoms with Gasteiger partial charge in [0.05, 0.1) is 0 Å². The maximum atomic E-state index is 8.75. The summed E-state index contributed by atoms with van der Waals surface area (Å²) in [6.45, 7) is 0. The molecule has 4 heteroatoms. The van der Waals surface area contributed by atoms with Gasteiger partial charge in [0.15, 0.2) is 0 Å². The van der Waals surface area contributed by atoms with Crippen molar-refractivity contribution in [1.82, 2.24) is 0 Å². The van der Waals surface area contributed by atoms with Gasteiger partial charge >= 0.3 is 0 Å². The van der Waals surface area contributed by atoms with Crippen molar-refractivity contribution in [3.63, 3.8) is 0 Å². The van der Waals surface area contributed by atoms with E-state index in [1.807, 2.05) is 30.0 Å². The van der Waals surface area contributed by atoms with Gasteiger partial charge in [-0.05, 0) is 18.4 Å². The summed E-state index contributed by atoms with van der Waals surface area (Å²) in [7, 11) is 0. The Labute approximate surface area is 112 Å². The predicted molar refractivity (Wildman–Crippen MR) is 77.1 cm³/mol. The van der Waals surface area contributed by atoms with Crippen LogP contribution < -0.4 is 5.73 Å². The average molecular weight is 264 g/mol. The minimum Gasteiger partial charge on any atom is -0.409 e. The number of hydrogen-bond acceptors (Lipinski definition) is 3. The molecule has 0 spiro atoms. The Morgan fingerprint density at radius 1 is 1.33 bits per heavy atom. The molecule has 3 N–H and O–H groups in total. The maximum Gasteiger partial charge on any atom is 0.140 e. The van der Waals surface area contributed by atoms with Crippen molar-refractivity contribution in [1.29, 1.82) is 0 Å². The van der Waals surface area contributed by atoms with Gasteiger partial charge in [0.1, 0.15) is 5.84 Å². The summed E-state index contributed by atoms with van der Waals surface area (Å²) in [5.74, 6) is 0.314. The summed E-state index contributed by atoms with van der Waals surface area (Å²) in [6, 6.07) is 10.4. The standard InChI is InChI=1S/C14H20N2OS/c15-14(16-17)10-13(11-6-2-1-3-7-11)18-12-8-4-5-9-12/h1-3,6-7,12-13,17H,4-5,8-10H2,(H2,15,16). The smallest absolute Gasteiger partial charge is 0.140 e. The Kier molecular flexibility index (Phi) is 4.93. The van der Waals surface area contributed by atoms with Crippen molar-refractivity contribution in [2.45, 2.75) is 42.6 Å². The van der Waals surface area contributed by atoms with Gasteiger partial charge in [-0.1, -0.05) is 48.3 Å². The Bertz CT molecular complexity index is 388. The number of oxime groups is 1. The Morgan fingerprint density at radius 3 is 2.61 bits per heavy atom. The Balaban J connectivity index is 2.06. The largest absolute Gasteiger partial charge is 0.409 e. The van der Waals surface area contributed by atoms with Gasteiger partial charge in [-0.3, -0.25) is 0 Å². The highest BCUT2D eigenvalue weighted by Gasteiger charge is 2.22. The van der Waals surface area contributed by atoms with Crippen molar-refractivity contribution >= 4 is 17.6 Å². The van der Waals surface area contributed by atoms with Gasteiger partial charge < -0.3 is 10.9 Å². The molecule has 1 aliphatic carbocycles. The molecule has 2 rings (SSSR count). The zero-order valence-corrected chi connectivity index (χ0v) is 11.3. The second kappa shape index (κ2) is 6.69. The summed E-state index contributed by atoms with van der Waals surface area (Å²) in [5, 5.41) is 12.9. The monoisotopic (exact) mass is 264 g/mol. The maximum absolute atomic E-state index is 8.75. The molecule has 1 aromatic rings. The van der Waals surface area contributed by atoms with Gasteiger partial charge in [0.25, 0.3) is 0 Å². The number of nitrogens with zero attached hydrogens (tertiary/aromatic N) is 1. The summed E-state index contributed by atoms with van der Waals surface area (Å²) in [5.41, 5.74) is 6.94. The fourth-order valence-electron chi connectivity index (χ4n) is 2.40. The number of benzene rings is 1. The van der Waals surface area contributed by atoms with E-state index < -0.39 is 0 Å². The molecule has 1 fully saturated rings. The first kappa shape index (κ1) is 13.3. The van der Waals surface area contributed by atoms with Crippen LogP contribution in [0.5, 0.6) is 0 Å². The summed E-state index contributed by atoms with van der Waals surface area (Å²) in [6.07, 6.45) is 5.88. The number of hydrogen-bond donors (Lipinski definition) is 2. The van der Waals surface area contributed by atoms with E-state index in [0.717, 1.165) is 5.25 Å². The molecule has 18 heavy (non-hydrogen) atoms. The Hall–Kier alpha value is -1.16. The highest BCUT2D eigenvalue weighted by molar-refractivity contribution is 8.00. The molecule has 1 saturated carbocycles. The van der Waals surface area contributed by atoms with Crippen LogP contribution in [0, 0.1) is 0 Å². The van der Waals surface area contributed by atoms with Crippen LogP contribution in [-0.4, -0.2) is 16.3 Å². The quantitative estimate of drug-likeness (QED) is 0.370. The lowest BCUT2D eigenvalue weighted by molar-refractivity contribution is 0.317. The normalized spacial score (nSPS) is 19.0. The number of rotatable bonds is 5. The van der Waals surface area contributed by atoms with Crippen LogP contribution in [0.3, 0.4) is 0 Å². The van der Waals surface area contributed by atoms with E-state index in [9.17, 15) is 0 Å². The van der Waals surface area contributed by atoms with Gasteiger partial charge in [0.2, 0.25) is 0 Å². The first-order valence-corrected chi connectivity index (χ1v) is 7.40. The number of amidine groups is 1. The summed E-state index contributed by atoms with van der Waals surface area (Å²) in [4.78, 5) is 0. The van der Waals surface area contributed by atoms with E-state index in [1.54, 1.807) is 0 Å². The Morgan fingerprint density at radius 2 is 2.00 bits per heavy atom. The lowest BCUT2D eigenvalue weighted by Crippen LogP contribution is -2.16. The van der Waals surface area contributed by atoms with E-state index >= 15 is 0 Å². The summed E-state index contributed by atoms with van der Waals surface area (Å²) < 4.78 is 0. The van der Waals surface area contributed by atoms with Crippen LogP contribution in [0.4, 0.5) is 0 Å². The van der Waals surface area contributed by atoms with E-state index in [-0.39, 0.29) is 0 Å². The van der Waals surface area contributed by atoms with Crippen LogP contribution in [0.25, 0.3) is 0 Å². The van der Waals surface area contributed by atoms with Crippen molar-refractivity contribution in [3.8, 4) is 0 Å². The topological polar surface area (TPSA) is 58.6 Å². The van der Waals surface area contributed by atoms with Gasteiger partial charge in [-0.15, -0.1) is 11.8 Å². The second-order valence-corrected chi connectivity index (χ2v) is 6.25. The molecule has 0 aromatic heterocycles. The lowest BCUT2D eigenvalue weighted by Gasteiger charge is -2.20. The van der Waals surface area contributed by atoms with Crippen molar-refractivity contribution < 1.29 is 5.21 Å². The van der Waals surface area contributed by atoms with E-state index in [0.29, 0.717) is 17.5 Å². The molecule has 1 unspecified atom stereocenters. The minimum absolute atomic E-state index is 0.296. The minimum atomic E-state index is 0.296. The molecule has 0 aliphatic heterocycles. The van der Waals surface area contributed by atoms with E-state index in [4.69, 9.17) is 10.9 Å². The van der Waals surface area contributed by atoms with Crippen molar-refractivity contribution in [2.24, 2.45) is 10.9 Å². The van der Waals surface area contributed by atoms with Crippen LogP contribution in [0.15, 0.2) is 35.5 Å². The highest BCUT2D eigenvalue weighted by atomic mass is 32.2. The fourth-order valence-corrected chi connectivity index (χ4v) is 4.05. The fraction of sp³-hybridized carbons (Fsp3) is 0.500. The molecule has 1 aromatic carbocycles. The second-order valence-electron chi connectivity index (χ2n) is 4.74. The first-order valence-electron chi connectivity index (χ1n) is 6.46. The number of nitrogens with two attached hydrogens (primary N) is 1. The van der Waals surface area contributed by atoms with Gasteiger partial charge in [0, 0.05) is 16.9 Å². The molecule has 3 nitrogen and oxygen atoms in total. The highest BCUT2D eigenvalue weighted by Crippen LogP contribution is 2.41. The third-order valence-electron chi connectivity index (χ3n) is 3.35. The number of thioether (sulfide) groups is 1. The molecule has 0 bridgehead atoms. The molecule has 0 amide bonds. The van der Waals surface area contributed by atoms with E-state index in [2.05, 4.69) is 17.3 Å². The molecule has 0 radical (unpaired) electrons. The zero-order valence-electron chi connectivity index (χ0n) is 10.5. The third-order valence-corrected chi connectivity index (χ3v) is 4.98. The predicted octanol–water partition coefficient (Wildman–Crippen LogP) is 3.54. The van der Waals surface area contributed by atoms with Crippen molar-refractivity contribution in [2.75, 3.05) is 0 Å². The summed E-state index contributed by atoms with van der Waals surface area (Å²) >= 11 is 1.98. The third kappa shape index (κ3) is 3.67. The molecule has 0 heterocycles. The first-order chi connectivity index (χ1) is 8.79. The molecular weight excluding hydrogens is 244 g/mol. The van der Waals surface area contributed by atoms with Gasteiger partial charge in [-0.2, -0.15) is 0 Å². The van der Waals surface area contributed by atoms with Crippen LogP contribution in [0.1, 0.15) is 42.9 Å². The van der Waals surface area contributed by atoms with Crippen LogP contribution in [-0.2, 0) is 0 Å².